The lowest BCUT2D eigenvalue weighted by molar-refractivity contribution is 0.0958. The van der Waals surface area contributed by atoms with Crippen LogP contribution in [0.15, 0.2) is 0 Å². The number of nitrogens with zero attached hydrogens (tertiary/aromatic N) is 1. The summed E-state index contributed by atoms with van der Waals surface area (Å²) in [6, 6.07) is 0.528. The van der Waals surface area contributed by atoms with Gasteiger partial charge in [-0.1, -0.05) is 13.8 Å². The van der Waals surface area contributed by atoms with Crippen LogP contribution in [-0.2, 0) is 4.74 Å². The van der Waals surface area contributed by atoms with Crippen LogP contribution in [0.1, 0.15) is 20.3 Å². The molecular formula is C10H22N2O. The van der Waals surface area contributed by atoms with E-state index in [4.69, 9.17) is 10.5 Å². The first kappa shape index (κ1) is 11.0. The molecule has 0 radical (unpaired) electrons. The highest BCUT2D eigenvalue weighted by Crippen LogP contribution is 2.18. The average Bonchev–Trinajstić information content (AvgIpc) is 2.53. The zero-order valence-electron chi connectivity index (χ0n) is 8.99. The van der Waals surface area contributed by atoms with E-state index >= 15 is 0 Å². The van der Waals surface area contributed by atoms with Gasteiger partial charge in [0.15, 0.2) is 0 Å². The number of rotatable bonds is 4. The summed E-state index contributed by atoms with van der Waals surface area (Å²) in [4.78, 5) is 2.46. The third-order valence-electron chi connectivity index (χ3n) is 2.99. The molecule has 3 heteroatoms. The number of likely N-dealkylation sites (tertiary alicyclic amines) is 1. The molecule has 1 rings (SSSR count). The number of hydrogen-bond acceptors (Lipinski definition) is 3. The van der Waals surface area contributed by atoms with Crippen LogP contribution in [-0.4, -0.2) is 43.8 Å². The van der Waals surface area contributed by atoms with Gasteiger partial charge in [0.1, 0.15) is 0 Å². The molecule has 78 valence electrons. The van der Waals surface area contributed by atoms with Crippen LogP contribution in [0.2, 0.25) is 0 Å². The van der Waals surface area contributed by atoms with E-state index in [1.807, 2.05) is 0 Å². The molecule has 0 bridgehead atoms. The van der Waals surface area contributed by atoms with E-state index in [1.165, 1.54) is 0 Å². The quantitative estimate of drug-likeness (QED) is 0.702. The fourth-order valence-electron chi connectivity index (χ4n) is 2.09. The molecule has 2 N–H and O–H groups in total. The molecule has 0 aromatic heterocycles. The van der Waals surface area contributed by atoms with E-state index < -0.39 is 0 Å². The molecule has 3 nitrogen and oxygen atoms in total. The van der Waals surface area contributed by atoms with Gasteiger partial charge in [0.25, 0.3) is 0 Å². The molecule has 1 saturated heterocycles. The zero-order chi connectivity index (χ0) is 9.84. The van der Waals surface area contributed by atoms with E-state index in [-0.39, 0.29) is 0 Å². The van der Waals surface area contributed by atoms with Crippen molar-refractivity contribution in [2.45, 2.75) is 32.4 Å². The van der Waals surface area contributed by atoms with Gasteiger partial charge in [0, 0.05) is 32.8 Å². The molecule has 1 fully saturated rings. The third-order valence-corrected chi connectivity index (χ3v) is 2.99. The van der Waals surface area contributed by atoms with Gasteiger partial charge < -0.3 is 10.5 Å². The van der Waals surface area contributed by atoms with Crippen LogP contribution in [0.5, 0.6) is 0 Å². The number of ether oxygens (including phenoxy) is 1. The van der Waals surface area contributed by atoms with E-state index in [0.717, 1.165) is 26.1 Å². The first-order valence-electron chi connectivity index (χ1n) is 5.16. The zero-order valence-corrected chi connectivity index (χ0v) is 8.99. The molecule has 2 unspecified atom stereocenters. The van der Waals surface area contributed by atoms with Gasteiger partial charge in [0.05, 0.1) is 6.10 Å². The summed E-state index contributed by atoms with van der Waals surface area (Å²) in [6.07, 6.45) is 1.58. The molecule has 0 aliphatic carbocycles. The molecule has 0 aromatic rings. The summed E-state index contributed by atoms with van der Waals surface area (Å²) in [5.74, 6) is 0.639. The molecule has 0 saturated carbocycles. The van der Waals surface area contributed by atoms with Crippen LogP contribution >= 0.6 is 0 Å². The monoisotopic (exact) mass is 186 g/mol. The molecule has 0 amide bonds. The SMILES string of the molecule is COC1CCN(C(CN)C(C)C)C1. The molecule has 1 aliphatic heterocycles. The van der Waals surface area contributed by atoms with Crippen LogP contribution in [0, 0.1) is 5.92 Å². The minimum absolute atomic E-state index is 0.424. The van der Waals surface area contributed by atoms with Crippen molar-refractivity contribution in [3.05, 3.63) is 0 Å². The highest BCUT2D eigenvalue weighted by atomic mass is 16.5. The lowest BCUT2D eigenvalue weighted by Crippen LogP contribution is -2.43. The molecule has 1 heterocycles. The van der Waals surface area contributed by atoms with Crippen molar-refractivity contribution in [2.24, 2.45) is 11.7 Å². The smallest absolute Gasteiger partial charge is 0.0710 e. The Morgan fingerprint density at radius 2 is 2.23 bits per heavy atom. The predicted molar refractivity (Wildman–Crippen MR) is 54.7 cm³/mol. The second-order valence-corrected chi connectivity index (χ2v) is 4.19. The highest BCUT2D eigenvalue weighted by Gasteiger charge is 2.28. The van der Waals surface area contributed by atoms with Crippen LogP contribution < -0.4 is 5.73 Å². The minimum atomic E-state index is 0.424. The Morgan fingerprint density at radius 1 is 1.54 bits per heavy atom. The van der Waals surface area contributed by atoms with Crippen molar-refractivity contribution in [1.29, 1.82) is 0 Å². The van der Waals surface area contributed by atoms with Gasteiger partial charge in [-0.05, 0) is 12.3 Å². The van der Waals surface area contributed by atoms with Gasteiger partial charge in [0.2, 0.25) is 0 Å². The van der Waals surface area contributed by atoms with E-state index in [9.17, 15) is 0 Å². The van der Waals surface area contributed by atoms with Gasteiger partial charge in [-0.25, -0.2) is 0 Å². The lowest BCUT2D eigenvalue weighted by atomic mass is 10.0. The van der Waals surface area contributed by atoms with Crippen molar-refractivity contribution in [1.82, 2.24) is 4.90 Å². The van der Waals surface area contributed by atoms with Crippen LogP contribution in [0.3, 0.4) is 0 Å². The second kappa shape index (κ2) is 4.94. The maximum Gasteiger partial charge on any atom is 0.0710 e. The molecule has 13 heavy (non-hydrogen) atoms. The van der Waals surface area contributed by atoms with Gasteiger partial charge in [-0.3, -0.25) is 4.90 Å². The van der Waals surface area contributed by atoms with Crippen molar-refractivity contribution in [2.75, 3.05) is 26.7 Å². The topological polar surface area (TPSA) is 38.5 Å². The van der Waals surface area contributed by atoms with Crippen molar-refractivity contribution in [3.63, 3.8) is 0 Å². The van der Waals surface area contributed by atoms with Crippen molar-refractivity contribution >= 4 is 0 Å². The number of nitrogens with two attached hydrogens (primary N) is 1. The maximum atomic E-state index is 5.76. The van der Waals surface area contributed by atoms with E-state index in [0.29, 0.717) is 18.1 Å². The Hall–Kier alpha value is -0.120. The summed E-state index contributed by atoms with van der Waals surface area (Å²) in [6.45, 7) is 7.42. The Morgan fingerprint density at radius 3 is 2.62 bits per heavy atom. The van der Waals surface area contributed by atoms with Gasteiger partial charge in [-0.2, -0.15) is 0 Å². The highest BCUT2D eigenvalue weighted by molar-refractivity contribution is 4.83. The average molecular weight is 186 g/mol. The molecular weight excluding hydrogens is 164 g/mol. The largest absolute Gasteiger partial charge is 0.380 e. The lowest BCUT2D eigenvalue weighted by Gasteiger charge is -2.29. The van der Waals surface area contributed by atoms with E-state index in [1.54, 1.807) is 7.11 Å². The predicted octanol–water partition coefficient (Wildman–Crippen LogP) is 0.690. The number of methoxy groups -OCH3 is 1. The van der Waals surface area contributed by atoms with Crippen LogP contribution in [0.4, 0.5) is 0 Å². The molecule has 2 atom stereocenters. The molecule has 0 aromatic carbocycles. The normalized spacial score (nSPS) is 27.0. The van der Waals surface area contributed by atoms with Crippen molar-refractivity contribution < 1.29 is 4.74 Å². The Kier molecular flexibility index (Phi) is 4.16. The first-order chi connectivity index (χ1) is 6.19. The Balaban J connectivity index is 2.43. The Bertz CT molecular complexity index is 150. The van der Waals surface area contributed by atoms with Gasteiger partial charge >= 0.3 is 0 Å². The van der Waals surface area contributed by atoms with E-state index in [2.05, 4.69) is 18.7 Å². The van der Waals surface area contributed by atoms with Gasteiger partial charge in [-0.15, -0.1) is 0 Å². The van der Waals surface area contributed by atoms with Crippen molar-refractivity contribution in [3.8, 4) is 0 Å². The van der Waals surface area contributed by atoms with Crippen LogP contribution in [0.25, 0.3) is 0 Å². The maximum absolute atomic E-state index is 5.76. The molecule has 0 spiro atoms. The fourth-order valence-corrected chi connectivity index (χ4v) is 2.09. The summed E-state index contributed by atoms with van der Waals surface area (Å²) in [5.41, 5.74) is 5.76. The Labute approximate surface area is 81.2 Å². The minimum Gasteiger partial charge on any atom is -0.380 e. The summed E-state index contributed by atoms with van der Waals surface area (Å²) in [5, 5.41) is 0. The summed E-state index contributed by atoms with van der Waals surface area (Å²) >= 11 is 0. The molecule has 1 aliphatic rings. The first-order valence-corrected chi connectivity index (χ1v) is 5.16. The third kappa shape index (κ3) is 2.66. The summed E-state index contributed by atoms with van der Waals surface area (Å²) in [7, 11) is 1.79. The fraction of sp³-hybridized carbons (Fsp3) is 1.00. The standard InChI is InChI=1S/C10H22N2O/c1-8(2)10(6-11)12-5-4-9(7-12)13-3/h8-10H,4-7,11H2,1-3H3. The summed E-state index contributed by atoms with van der Waals surface area (Å²) < 4.78 is 5.33. The number of hydrogen-bond donors (Lipinski definition) is 1. The second-order valence-electron chi connectivity index (χ2n) is 4.19.